The molecule has 0 heterocycles. The number of hydrogen-bond acceptors (Lipinski definition) is 7. The van der Waals surface area contributed by atoms with Gasteiger partial charge in [0.15, 0.2) is 16.9 Å². The van der Waals surface area contributed by atoms with Gasteiger partial charge in [-0.05, 0) is 69.1 Å². The summed E-state index contributed by atoms with van der Waals surface area (Å²) in [6.45, 7) is 0. The molecule has 0 radical (unpaired) electrons. The normalized spacial score (nSPS) is 20.1. The number of nitriles is 1. The van der Waals surface area contributed by atoms with Crippen molar-refractivity contribution in [2.45, 2.75) is 62.9 Å². The van der Waals surface area contributed by atoms with E-state index in [-0.39, 0.29) is 18.9 Å². The van der Waals surface area contributed by atoms with E-state index in [0.29, 0.717) is 24.3 Å². The highest BCUT2D eigenvalue weighted by atomic mass is 16.5. The van der Waals surface area contributed by atoms with Gasteiger partial charge in [0.25, 0.3) is 0 Å². The molecule has 30 heavy (non-hydrogen) atoms. The van der Waals surface area contributed by atoms with Crippen LogP contribution in [0.2, 0.25) is 0 Å². The van der Waals surface area contributed by atoms with Gasteiger partial charge in [0.2, 0.25) is 0 Å². The van der Waals surface area contributed by atoms with E-state index in [2.05, 4.69) is 6.07 Å². The zero-order valence-electron chi connectivity index (χ0n) is 17.9. The molecule has 0 spiro atoms. The number of carbonyl (C=O) groups excluding carboxylic acids is 2. The zero-order chi connectivity index (χ0) is 21.8. The van der Waals surface area contributed by atoms with Gasteiger partial charge in [-0.1, -0.05) is 6.07 Å². The SMILES string of the molecule is COC(=O)C1(C(=O)OC)CCC(C#N)(c2ccc(OC)c(OC3CCCC3)c2)CC1. The number of hydrogen-bond donors (Lipinski definition) is 0. The summed E-state index contributed by atoms with van der Waals surface area (Å²) >= 11 is 0. The van der Waals surface area contributed by atoms with Crippen LogP contribution >= 0.6 is 0 Å². The van der Waals surface area contributed by atoms with E-state index >= 15 is 0 Å². The van der Waals surface area contributed by atoms with Gasteiger partial charge >= 0.3 is 11.9 Å². The quantitative estimate of drug-likeness (QED) is 0.516. The van der Waals surface area contributed by atoms with Crippen molar-refractivity contribution < 1.29 is 28.5 Å². The van der Waals surface area contributed by atoms with Crippen molar-refractivity contribution >= 4 is 11.9 Å². The number of benzene rings is 1. The second-order valence-corrected chi connectivity index (χ2v) is 8.15. The molecule has 1 aromatic rings. The molecule has 0 amide bonds. The van der Waals surface area contributed by atoms with E-state index < -0.39 is 22.8 Å². The van der Waals surface area contributed by atoms with Gasteiger partial charge in [-0.25, -0.2) is 0 Å². The summed E-state index contributed by atoms with van der Waals surface area (Å²) in [6, 6.07) is 8.01. The molecular weight excluding hydrogens is 386 g/mol. The van der Waals surface area contributed by atoms with E-state index in [9.17, 15) is 14.9 Å². The molecule has 2 fully saturated rings. The summed E-state index contributed by atoms with van der Waals surface area (Å²) in [6.07, 6.45) is 5.52. The molecule has 0 N–H and O–H groups in total. The molecule has 2 aliphatic carbocycles. The number of nitrogens with zero attached hydrogens (tertiary/aromatic N) is 1. The third kappa shape index (κ3) is 3.83. The predicted molar refractivity (Wildman–Crippen MR) is 108 cm³/mol. The summed E-state index contributed by atoms with van der Waals surface area (Å²) in [5.74, 6) is 0.0454. The third-order valence-corrected chi connectivity index (χ3v) is 6.64. The van der Waals surface area contributed by atoms with Crippen LogP contribution in [-0.4, -0.2) is 39.4 Å². The summed E-state index contributed by atoms with van der Waals surface area (Å²) in [4.78, 5) is 24.8. The lowest BCUT2D eigenvalue weighted by atomic mass is 9.61. The van der Waals surface area contributed by atoms with Gasteiger partial charge < -0.3 is 18.9 Å². The topological polar surface area (TPSA) is 94.9 Å². The lowest BCUT2D eigenvalue weighted by Gasteiger charge is -2.40. The van der Waals surface area contributed by atoms with Gasteiger partial charge in [-0.2, -0.15) is 5.26 Å². The maximum atomic E-state index is 12.4. The molecule has 162 valence electrons. The summed E-state index contributed by atoms with van der Waals surface area (Å²) in [5, 5.41) is 10.1. The largest absolute Gasteiger partial charge is 0.493 e. The second-order valence-electron chi connectivity index (χ2n) is 8.15. The van der Waals surface area contributed by atoms with Gasteiger partial charge in [-0.15, -0.1) is 0 Å². The van der Waals surface area contributed by atoms with Gasteiger partial charge in [-0.3, -0.25) is 9.59 Å². The maximum absolute atomic E-state index is 12.4. The molecule has 3 rings (SSSR count). The Morgan fingerprint density at radius 3 is 2.07 bits per heavy atom. The van der Waals surface area contributed by atoms with E-state index in [0.717, 1.165) is 31.2 Å². The molecule has 0 aromatic heterocycles. The molecular formula is C23H29NO6. The highest BCUT2D eigenvalue weighted by Gasteiger charge is 2.54. The van der Waals surface area contributed by atoms with Crippen LogP contribution in [0, 0.1) is 16.7 Å². The second kappa shape index (κ2) is 8.95. The third-order valence-electron chi connectivity index (χ3n) is 6.64. The number of ether oxygens (including phenoxy) is 4. The van der Waals surface area contributed by atoms with Crippen LogP contribution in [0.3, 0.4) is 0 Å². The molecule has 2 saturated carbocycles. The van der Waals surface area contributed by atoms with E-state index in [4.69, 9.17) is 18.9 Å². The zero-order valence-corrected chi connectivity index (χ0v) is 17.9. The molecule has 7 heteroatoms. The van der Waals surface area contributed by atoms with Crippen molar-refractivity contribution in [3.05, 3.63) is 23.8 Å². The Bertz CT molecular complexity index is 811. The first-order valence-corrected chi connectivity index (χ1v) is 10.4. The average Bonchev–Trinajstić information content (AvgIpc) is 3.31. The summed E-state index contributed by atoms with van der Waals surface area (Å²) in [5.41, 5.74) is -1.38. The van der Waals surface area contributed by atoms with E-state index in [1.807, 2.05) is 18.2 Å². The van der Waals surface area contributed by atoms with Crippen molar-refractivity contribution in [3.8, 4) is 17.6 Å². The van der Waals surface area contributed by atoms with Crippen LogP contribution in [-0.2, 0) is 24.5 Å². The van der Waals surface area contributed by atoms with Crippen LogP contribution < -0.4 is 9.47 Å². The lowest BCUT2D eigenvalue weighted by molar-refractivity contribution is -0.172. The monoisotopic (exact) mass is 415 g/mol. The highest BCUT2D eigenvalue weighted by molar-refractivity contribution is 6.00. The number of rotatable bonds is 6. The highest BCUT2D eigenvalue weighted by Crippen LogP contribution is 2.49. The van der Waals surface area contributed by atoms with Crippen LogP contribution in [0.4, 0.5) is 0 Å². The smallest absolute Gasteiger partial charge is 0.323 e. The Hall–Kier alpha value is -2.75. The first-order valence-electron chi connectivity index (χ1n) is 10.4. The van der Waals surface area contributed by atoms with Crippen LogP contribution in [0.15, 0.2) is 18.2 Å². The van der Waals surface area contributed by atoms with Crippen molar-refractivity contribution in [2.24, 2.45) is 5.41 Å². The first-order chi connectivity index (χ1) is 14.4. The molecule has 0 atom stereocenters. The molecule has 2 aliphatic rings. The van der Waals surface area contributed by atoms with E-state index in [1.54, 1.807) is 7.11 Å². The fraction of sp³-hybridized carbons (Fsp3) is 0.609. The first kappa shape index (κ1) is 21.9. The Morgan fingerprint density at radius 2 is 1.57 bits per heavy atom. The Morgan fingerprint density at radius 1 is 0.967 bits per heavy atom. The lowest BCUT2D eigenvalue weighted by Crippen LogP contribution is -2.47. The molecule has 0 bridgehead atoms. The molecule has 0 aliphatic heterocycles. The minimum atomic E-state index is -1.36. The Balaban J connectivity index is 1.89. The minimum Gasteiger partial charge on any atom is -0.493 e. The Labute approximate surface area is 177 Å². The van der Waals surface area contributed by atoms with Gasteiger partial charge in [0.05, 0.1) is 38.9 Å². The molecule has 7 nitrogen and oxygen atoms in total. The Kier molecular flexibility index (Phi) is 6.55. The number of esters is 2. The van der Waals surface area contributed by atoms with Crippen molar-refractivity contribution in [1.29, 1.82) is 5.26 Å². The molecule has 1 aromatic carbocycles. The van der Waals surface area contributed by atoms with Crippen LogP contribution in [0.25, 0.3) is 0 Å². The summed E-state index contributed by atoms with van der Waals surface area (Å²) in [7, 11) is 4.11. The average molecular weight is 415 g/mol. The van der Waals surface area contributed by atoms with Crippen molar-refractivity contribution in [1.82, 2.24) is 0 Å². The molecule has 0 saturated heterocycles. The predicted octanol–water partition coefficient (Wildman–Crippen LogP) is 3.68. The van der Waals surface area contributed by atoms with Gasteiger partial charge in [0.1, 0.15) is 0 Å². The van der Waals surface area contributed by atoms with Crippen LogP contribution in [0.1, 0.15) is 56.9 Å². The van der Waals surface area contributed by atoms with Gasteiger partial charge in [0, 0.05) is 0 Å². The fourth-order valence-electron chi connectivity index (χ4n) is 4.70. The number of carbonyl (C=O) groups is 2. The van der Waals surface area contributed by atoms with Crippen LogP contribution in [0.5, 0.6) is 11.5 Å². The standard InChI is InChI=1S/C23H29NO6/c1-27-18-9-8-16(14-19(18)30-17-6-4-5-7-17)22(15-24)10-12-23(13-11-22,20(25)28-2)21(26)29-3/h8-9,14,17H,4-7,10-13H2,1-3H3. The number of methoxy groups -OCH3 is 3. The van der Waals surface area contributed by atoms with Crippen molar-refractivity contribution in [3.63, 3.8) is 0 Å². The minimum absolute atomic E-state index is 0.157. The van der Waals surface area contributed by atoms with E-state index in [1.165, 1.54) is 14.2 Å². The molecule has 0 unspecified atom stereocenters. The maximum Gasteiger partial charge on any atom is 0.323 e. The fourth-order valence-corrected chi connectivity index (χ4v) is 4.70. The van der Waals surface area contributed by atoms with Crippen molar-refractivity contribution in [2.75, 3.05) is 21.3 Å². The summed E-state index contributed by atoms with van der Waals surface area (Å²) < 4.78 is 21.4.